The molecule has 3 aromatic rings. The van der Waals surface area contributed by atoms with Gasteiger partial charge in [-0.3, -0.25) is 9.89 Å². The predicted octanol–water partition coefficient (Wildman–Crippen LogP) is 2.29. The molecular formula is C18H22N4O. The number of H-pyrrole nitrogens is 1. The zero-order valence-corrected chi connectivity index (χ0v) is 14.1. The van der Waals surface area contributed by atoms with Crippen LogP contribution in [0.3, 0.4) is 0 Å². The number of rotatable bonds is 4. The van der Waals surface area contributed by atoms with Gasteiger partial charge in [0, 0.05) is 35.5 Å². The second-order valence-corrected chi connectivity index (χ2v) is 6.26. The van der Waals surface area contributed by atoms with Crippen molar-refractivity contribution in [2.24, 2.45) is 0 Å². The van der Waals surface area contributed by atoms with Crippen LogP contribution in [-0.4, -0.2) is 33.6 Å². The summed E-state index contributed by atoms with van der Waals surface area (Å²) in [7, 11) is 4.02. The smallest absolute Gasteiger partial charge is 0.276 e. The van der Waals surface area contributed by atoms with Gasteiger partial charge in [-0.2, -0.15) is 0 Å². The first-order valence-corrected chi connectivity index (χ1v) is 7.75. The molecule has 2 aromatic heterocycles. The van der Waals surface area contributed by atoms with Gasteiger partial charge in [-0.15, -0.1) is 0 Å². The summed E-state index contributed by atoms with van der Waals surface area (Å²) < 4.78 is 1.58. The van der Waals surface area contributed by atoms with Crippen LogP contribution in [0.4, 0.5) is 0 Å². The number of nitrogens with zero attached hydrogens (tertiary/aromatic N) is 3. The Morgan fingerprint density at radius 3 is 2.48 bits per heavy atom. The highest BCUT2D eigenvalue weighted by atomic mass is 16.1. The number of hydrogen-bond acceptors (Lipinski definition) is 3. The number of fused-ring (bicyclic) bond motifs is 1. The summed E-state index contributed by atoms with van der Waals surface area (Å²) >= 11 is 0. The molecule has 3 rings (SSSR count). The molecule has 0 saturated heterocycles. The largest absolute Gasteiger partial charge is 0.305 e. The third-order valence-corrected chi connectivity index (χ3v) is 4.08. The maximum Gasteiger partial charge on any atom is 0.276 e. The summed E-state index contributed by atoms with van der Waals surface area (Å²) in [4.78, 5) is 19.7. The molecule has 120 valence electrons. The second kappa shape index (κ2) is 6.01. The maximum atomic E-state index is 12.9. The molecular weight excluding hydrogens is 288 g/mol. The van der Waals surface area contributed by atoms with Gasteiger partial charge in [0.15, 0.2) is 5.65 Å². The van der Waals surface area contributed by atoms with Crippen molar-refractivity contribution in [2.75, 3.05) is 14.1 Å². The highest BCUT2D eigenvalue weighted by Crippen LogP contribution is 2.16. The summed E-state index contributed by atoms with van der Waals surface area (Å²) in [5, 5.41) is 3.17. The number of aromatic amines is 1. The fourth-order valence-corrected chi connectivity index (χ4v) is 2.88. The monoisotopic (exact) mass is 310 g/mol. The van der Waals surface area contributed by atoms with Crippen molar-refractivity contribution in [2.45, 2.75) is 26.8 Å². The maximum absolute atomic E-state index is 12.9. The molecule has 5 heteroatoms. The van der Waals surface area contributed by atoms with Crippen molar-refractivity contribution < 1.29 is 0 Å². The molecule has 0 amide bonds. The van der Waals surface area contributed by atoms with Gasteiger partial charge in [-0.25, -0.2) is 9.50 Å². The van der Waals surface area contributed by atoms with Crippen LogP contribution >= 0.6 is 0 Å². The van der Waals surface area contributed by atoms with Gasteiger partial charge in [0.05, 0.1) is 0 Å². The quantitative estimate of drug-likeness (QED) is 0.804. The minimum atomic E-state index is -0.00976. The fourth-order valence-electron chi connectivity index (χ4n) is 2.88. The summed E-state index contributed by atoms with van der Waals surface area (Å²) in [6.45, 7) is 4.66. The number of benzene rings is 1. The average molecular weight is 310 g/mol. The van der Waals surface area contributed by atoms with Crippen LogP contribution in [0.1, 0.15) is 28.1 Å². The molecule has 5 nitrogen and oxygen atoms in total. The van der Waals surface area contributed by atoms with E-state index in [1.165, 1.54) is 0 Å². The highest BCUT2D eigenvalue weighted by Gasteiger charge is 2.16. The number of aryl methyl sites for hydroxylation is 2. The van der Waals surface area contributed by atoms with Crippen molar-refractivity contribution in [3.63, 3.8) is 0 Å². The summed E-state index contributed by atoms with van der Waals surface area (Å²) in [6, 6.07) is 10.0. The zero-order valence-electron chi connectivity index (χ0n) is 14.1. The molecule has 1 aromatic carbocycles. The van der Waals surface area contributed by atoms with E-state index >= 15 is 0 Å². The topological polar surface area (TPSA) is 53.4 Å². The first-order valence-electron chi connectivity index (χ1n) is 7.75. The highest BCUT2D eigenvalue weighted by molar-refractivity contribution is 5.51. The molecule has 0 aliphatic carbocycles. The Kier molecular flexibility index (Phi) is 4.05. The molecule has 0 spiro atoms. The van der Waals surface area contributed by atoms with Crippen molar-refractivity contribution in [1.82, 2.24) is 19.5 Å². The van der Waals surface area contributed by atoms with E-state index in [1.807, 2.05) is 58.3 Å². The molecule has 0 radical (unpaired) electrons. The molecule has 23 heavy (non-hydrogen) atoms. The average Bonchev–Trinajstić information content (AvgIpc) is 2.81. The van der Waals surface area contributed by atoms with E-state index < -0.39 is 0 Å². The van der Waals surface area contributed by atoms with E-state index in [0.717, 1.165) is 40.3 Å². The van der Waals surface area contributed by atoms with Crippen molar-refractivity contribution in [3.8, 4) is 0 Å². The summed E-state index contributed by atoms with van der Waals surface area (Å²) in [6.07, 6.45) is 0.600. The lowest BCUT2D eigenvalue weighted by Gasteiger charge is -2.09. The lowest BCUT2D eigenvalue weighted by molar-refractivity contribution is 0.402. The normalized spacial score (nSPS) is 11.5. The Morgan fingerprint density at radius 1 is 1.13 bits per heavy atom. The minimum absolute atomic E-state index is 0.00976. The number of nitrogens with one attached hydrogen (secondary N) is 1. The Bertz CT molecular complexity index is 891. The van der Waals surface area contributed by atoms with Gasteiger partial charge in [-0.1, -0.05) is 30.3 Å². The van der Waals surface area contributed by atoms with Gasteiger partial charge in [0.25, 0.3) is 5.56 Å². The van der Waals surface area contributed by atoms with Gasteiger partial charge in [0.2, 0.25) is 0 Å². The van der Waals surface area contributed by atoms with Crippen molar-refractivity contribution in [1.29, 1.82) is 0 Å². The minimum Gasteiger partial charge on any atom is -0.305 e. The third-order valence-electron chi connectivity index (χ3n) is 4.08. The molecule has 0 aliphatic heterocycles. The van der Waals surface area contributed by atoms with Crippen LogP contribution in [0.2, 0.25) is 0 Å². The van der Waals surface area contributed by atoms with E-state index in [4.69, 9.17) is 4.98 Å². The molecule has 0 atom stereocenters. The molecule has 0 bridgehead atoms. The van der Waals surface area contributed by atoms with Crippen molar-refractivity contribution >= 4 is 5.65 Å². The van der Waals surface area contributed by atoms with Crippen LogP contribution in [0, 0.1) is 13.8 Å². The fraction of sp³-hybridized carbons (Fsp3) is 0.333. The SMILES string of the molecule is Cc1nc2c(CN(C)C)c(C)[nH]n2c(=O)c1Cc1ccccc1. The molecule has 0 unspecified atom stereocenters. The predicted molar refractivity (Wildman–Crippen MR) is 91.9 cm³/mol. The first kappa shape index (κ1) is 15.5. The van der Waals surface area contributed by atoms with E-state index in [9.17, 15) is 4.79 Å². The standard InChI is InChI=1S/C18H22N4O/c1-12-15(10-14-8-6-5-7-9-14)18(23)22-17(19-12)16(11-21(3)4)13(2)20-22/h5-9,20H,10-11H2,1-4H3. The molecule has 0 saturated carbocycles. The number of hydrogen-bond donors (Lipinski definition) is 1. The van der Waals surface area contributed by atoms with Crippen LogP contribution in [-0.2, 0) is 13.0 Å². The lowest BCUT2D eigenvalue weighted by atomic mass is 10.1. The van der Waals surface area contributed by atoms with E-state index in [2.05, 4.69) is 10.00 Å². The molecule has 0 fully saturated rings. The van der Waals surface area contributed by atoms with Gasteiger partial charge in [0.1, 0.15) is 0 Å². The van der Waals surface area contributed by atoms with Gasteiger partial charge in [-0.05, 0) is 33.5 Å². The Labute approximate surface area is 135 Å². The van der Waals surface area contributed by atoms with Crippen LogP contribution in [0.5, 0.6) is 0 Å². The molecule has 0 aliphatic rings. The van der Waals surface area contributed by atoms with Crippen LogP contribution < -0.4 is 5.56 Å². The Morgan fingerprint density at radius 2 is 1.83 bits per heavy atom. The molecule has 2 heterocycles. The van der Waals surface area contributed by atoms with Crippen LogP contribution in [0.25, 0.3) is 5.65 Å². The van der Waals surface area contributed by atoms with Gasteiger partial charge >= 0.3 is 0 Å². The third kappa shape index (κ3) is 2.92. The summed E-state index contributed by atoms with van der Waals surface area (Å²) in [5.41, 5.74) is 5.44. The van der Waals surface area contributed by atoms with Gasteiger partial charge < -0.3 is 4.90 Å². The second-order valence-electron chi connectivity index (χ2n) is 6.26. The van der Waals surface area contributed by atoms with Crippen LogP contribution in [0.15, 0.2) is 35.1 Å². The Balaban J connectivity index is 2.13. The zero-order chi connectivity index (χ0) is 16.6. The molecule has 1 N–H and O–H groups in total. The van der Waals surface area contributed by atoms with E-state index in [0.29, 0.717) is 6.42 Å². The lowest BCUT2D eigenvalue weighted by Crippen LogP contribution is -2.22. The van der Waals surface area contributed by atoms with E-state index in [-0.39, 0.29) is 5.56 Å². The Hall–Kier alpha value is -2.40. The van der Waals surface area contributed by atoms with Crippen molar-refractivity contribution in [3.05, 3.63) is 68.8 Å². The summed E-state index contributed by atoms with van der Waals surface area (Å²) in [5.74, 6) is 0. The van der Waals surface area contributed by atoms with E-state index in [1.54, 1.807) is 4.52 Å². The number of aromatic nitrogens is 3. The first-order chi connectivity index (χ1) is 11.0.